The van der Waals surface area contributed by atoms with Crippen LogP contribution in [0.4, 0.5) is 5.88 Å². The molecule has 1 saturated heterocycles. The van der Waals surface area contributed by atoms with E-state index in [1.807, 2.05) is 17.0 Å². The Bertz CT molecular complexity index is 1150. The number of thiophene rings is 1. The zero-order valence-electron chi connectivity index (χ0n) is 17.6. The second-order valence-electron chi connectivity index (χ2n) is 6.86. The first kappa shape index (κ1) is 23.7. The molecule has 2 aromatic rings. The highest BCUT2D eigenvalue weighted by Crippen LogP contribution is 2.33. The average Bonchev–Trinajstić information content (AvgIpc) is 3.31. The van der Waals surface area contributed by atoms with Gasteiger partial charge >= 0.3 is 5.97 Å². The molecule has 10 heteroatoms. The highest BCUT2D eigenvalue weighted by molar-refractivity contribution is 9.10. The molecule has 0 N–H and O–H groups in total. The molecule has 0 aromatic carbocycles. The van der Waals surface area contributed by atoms with Crippen molar-refractivity contribution in [3.63, 3.8) is 0 Å². The summed E-state index contributed by atoms with van der Waals surface area (Å²) in [4.78, 5) is 27.7. The van der Waals surface area contributed by atoms with Crippen LogP contribution in [0.1, 0.15) is 38.4 Å². The molecule has 8 nitrogen and oxygen atoms in total. The third-order valence-corrected chi connectivity index (χ3v) is 6.65. The van der Waals surface area contributed by atoms with Crippen molar-refractivity contribution in [2.24, 2.45) is 0 Å². The molecule has 1 aliphatic heterocycles. The first-order valence-electron chi connectivity index (χ1n) is 9.86. The van der Waals surface area contributed by atoms with Crippen molar-refractivity contribution in [1.29, 1.82) is 10.5 Å². The van der Waals surface area contributed by atoms with Gasteiger partial charge in [0.05, 0.1) is 35.4 Å². The molecule has 0 aliphatic carbocycles. The lowest BCUT2D eigenvalue weighted by Crippen LogP contribution is -2.36. The molecule has 1 fully saturated rings. The van der Waals surface area contributed by atoms with Crippen molar-refractivity contribution in [2.75, 3.05) is 37.8 Å². The number of carbonyl (C=O) groups is 2. The van der Waals surface area contributed by atoms with Gasteiger partial charge in [0.25, 0.3) is 0 Å². The fourth-order valence-electron chi connectivity index (χ4n) is 3.22. The van der Waals surface area contributed by atoms with E-state index in [0.29, 0.717) is 53.3 Å². The van der Waals surface area contributed by atoms with Gasteiger partial charge in [-0.3, -0.25) is 4.79 Å². The van der Waals surface area contributed by atoms with Crippen LogP contribution in [-0.2, 0) is 20.7 Å². The number of halogens is 1. The van der Waals surface area contributed by atoms with Gasteiger partial charge in [-0.05, 0) is 35.3 Å². The molecule has 0 unspecified atom stereocenters. The fraction of sp³-hybridized carbons (Fsp3) is 0.364. The van der Waals surface area contributed by atoms with E-state index in [4.69, 9.17) is 13.9 Å². The van der Waals surface area contributed by atoms with Crippen molar-refractivity contribution in [3.8, 4) is 12.1 Å². The van der Waals surface area contributed by atoms with Gasteiger partial charge in [-0.1, -0.05) is 0 Å². The number of carbonyl (C=O) groups excluding carboxylic acids is 2. The van der Waals surface area contributed by atoms with Gasteiger partial charge in [-0.2, -0.15) is 10.5 Å². The fourth-order valence-corrected chi connectivity index (χ4v) is 4.93. The predicted octanol–water partition coefficient (Wildman–Crippen LogP) is 4.02. The minimum atomic E-state index is -0.530. The number of hydrogen-bond acceptors (Lipinski definition) is 9. The Kier molecular flexibility index (Phi) is 7.86. The number of nitrogens with zero attached hydrogens (tertiary/aromatic N) is 3. The monoisotopic (exact) mass is 517 g/mol. The number of esters is 1. The normalized spacial score (nSPS) is 14.0. The molecule has 0 spiro atoms. The maximum atomic E-state index is 12.8. The van der Waals surface area contributed by atoms with E-state index < -0.39 is 11.8 Å². The molecular formula is C22H20BrN3O5S. The molecule has 0 amide bonds. The molecular weight excluding hydrogens is 498 g/mol. The van der Waals surface area contributed by atoms with E-state index in [9.17, 15) is 20.1 Å². The van der Waals surface area contributed by atoms with E-state index >= 15 is 0 Å². The van der Waals surface area contributed by atoms with Crippen LogP contribution in [0.25, 0.3) is 6.08 Å². The lowest BCUT2D eigenvalue weighted by atomic mass is 10.0. The van der Waals surface area contributed by atoms with E-state index in [1.165, 1.54) is 6.08 Å². The van der Waals surface area contributed by atoms with Crippen LogP contribution >= 0.6 is 27.3 Å². The molecule has 0 radical (unpaired) electrons. The van der Waals surface area contributed by atoms with Gasteiger partial charge in [0.1, 0.15) is 22.8 Å². The maximum absolute atomic E-state index is 12.8. The number of ether oxygens (including phenoxy) is 2. The van der Waals surface area contributed by atoms with Crippen molar-refractivity contribution in [2.45, 2.75) is 20.3 Å². The second kappa shape index (κ2) is 10.6. The van der Waals surface area contributed by atoms with Gasteiger partial charge in [0.2, 0.25) is 5.88 Å². The number of Topliss-reactive ketones (excluding diaryl/α,β-unsaturated/α-hetero) is 1. The van der Waals surface area contributed by atoms with E-state index in [1.54, 1.807) is 19.9 Å². The zero-order valence-corrected chi connectivity index (χ0v) is 20.0. The SMILES string of the molecule is CCOC(=O)c1sc(CC(=O)/C(C#N)=C/c2cc(Br)c(N3CCOCC3)o2)c(C#N)c1C. The molecule has 3 rings (SSSR count). The van der Waals surface area contributed by atoms with Crippen molar-refractivity contribution < 1.29 is 23.5 Å². The largest absolute Gasteiger partial charge is 0.462 e. The number of furan rings is 1. The molecule has 32 heavy (non-hydrogen) atoms. The number of hydrogen-bond donors (Lipinski definition) is 0. The van der Waals surface area contributed by atoms with Crippen molar-refractivity contribution >= 4 is 51.0 Å². The smallest absolute Gasteiger partial charge is 0.348 e. The predicted molar refractivity (Wildman–Crippen MR) is 121 cm³/mol. The summed E-state index contributed by atoms with van der Waals surface area (Å²) in [6, 6.07) is 5.66. The van der Waals surface area contributed by atoms with Crippen LogP contribution in [0.2, 0.25) is 0 Å². The molecule has 0 atom stereocenters. The number of anilines is 1. The summed E-state index contributed by atoms with van der Waals surface area (Å²) in [6.45, 7) is 6.08. The Morgan fingerprint density at radius 3 is 2.69 bits per heavy atom. The lowest BCUT2D eigenvalue weighted by molar-refractivity contribution is -0.114. The Hall–Kier alpha value is -2.92. The third kappa shape index (κ3) is 5.10. The topological polar surface area (TPSA) is 117 Å². The quantitative estimate of drug-likeness (QED) is 0.307. The lowest BCUT2D eigenvalue weighted by Gasteiger charge is -2.26. The number of morpholine rings is 1. The van der Waals surface area contributed by atoms with Crippen LogP contribution in [0.5, 0.6) is 0 Å². The summed E-state index contributed by atoms with van der Waals surface area (Å²) in [5.74, 6) is -0.0270. The van der Waals surface area contributed by atoms with Gasteiger partial charge in [0, 0.05) is 36.5 Å². The summed E-state index contributed by atoms with van der Waals surface area (Å²) in [7, 11) is 0. The van der Waals surface area contributed by atoms with Gasteiger partial charge < -0.3 is 18.8 Å². The van der Waals surface area contributed by atoms with Gasteiger partial charge in [-0.25, -0.2) is 4.79 Å². The number of allylic oxidation sites excluding steroid dienone is 1. The van der Waals surface area contributed by atoms with E-state index in [2.05, 4.69) is 15.9 Å². The highest BCUT2D eigenvalue weighted by atomic mass is 79.9. The summed E-state index contributed by atoms with van der Waals surface area (Å²) in [5, 5.41) is 19.1. The minimum Gasteiger partial charge on any atom is -0.462 e. The number of rotatable bonds is 7. The van der Waals surface area contributed by atoms with Gasteiger partial charge in [0.15, 0.2) is 5.78 Å². The minimum absolute atomic E-state index is 0.104. The van der Waals surface area contributed by atoms with E-state index in [0.717, 1.165) is 15.8 Å². The summed E-state index contributed by atoms with van der Waals surface area (Å²) >= 11 is 4.50. The Balaban J connectivity index is 1.84. The van der Waals surface area contributed by atoms with Crippen molar-refractivity contribution in [3.05, 3.63) is 42.8 Å². The maximum Gasteiger partial charge on any atom is 0.348 e. The van der Waals surface area contributed by atoms with Gasteiger partial charge in [-0.15, -0.1) is 11.3 Å². The molecule has 3 heterocycles. The van der Waals surface area contributed by atoms with Crippen LogP contribution in [0.3, 0.4) is 0 Å². The Morgan fingerprint density at radius 2 is 2.06 bits per heavy atom. The molecule has 166 valence electrons. The van der Waals surface area contributed by atoms with Crippen molar-refractivity contribution in [1.82, 2.24) is 0 Å². The average molecular weight is 518 g/mol. The molecule has 2 aromatic heterocycles. The van der Waals surface area contributed by atoms with Crippen LogP contribution in [-0.4, -0.2) is 44.7 Å². The Labute approximate surface area is 197 Å². The summed E-state index contributed by atoms with van der Waals surface area (Å²) < 4.78 is 16.9. The van der Waals surface area contributed by atoms with Crippen LogP contribution < -0.4 is 4.90 Å². The zero-order chi connectivity index (χ0) is 23.3. The van der Waals surface area contributed by atoms with E-state index in [-0.39, 0.29) is 24.2 Å². The molecule has 0 bridgehead atoms. The standard InChI is InChI=1S/C22H20BrN3O5S/c1-3-30-22(28)20-13(2)16(12-25)19(32-20)10-18(27)14(11-24)8-15-9-17(23)21(31-15)26-4-6-29-7-5-26/h8-9H,3-7,10H2,1-2H3/b14-8+. The van der Waals surface area contributed by atoms with Crippen LogP contribution in [0, 0.1) is 29.6 Å². The van der Waals surface area contributed by atoms with Crippen LogP contribution in [0.15, 0.2) is 20.5 Å². The first-order chi connectivity index (χ1) is 15.4. The Morgan fingerprint density at radius 1 is 1.34 bits per heavy atom. The number of ketones is 1. The summed E-state index contributed by atoms with van der Waals surface area (Å²) in [5.41, 5.74) is 0.637. The number of nitriles is 2. The summed E-state index contributed by atoms with van der Waals surface area (Å²) in [6.07, 6.45) is 1.21. The third-order valence-electron chi connectivity index (χ3n) is 4.81. The second-order valence-corrected chi connectivity index (χ2v) is 8.82. The molecule has 0 saturated carbocycles. The molecule has 1 aliphatic rings. The highest BCUT2D eigenvalue weighted by Gasteiger charge is 2.24. The first-order valence-corrected chi connectivity index (χ1v) is 11.5.